The molecule has 0 fully saturated rings. The van der Waals surface area contributed by atoms with Crippen LogP contribution in [0.1, 0.15) is 16.7 Å². The van der Waals surface area contributed by atoms with Crippen LogP contribution in [-0.4, -0.2) is 35.2 Å². The van der Waals surface area contributed by atoms with E-state index in [9.17, 15) is 29.1 Å². The van der Waals surface area contributed by atoms with E-state index in [4.69, 9.17) is 10.00 Å². The molecule has 1 amide bonds. The number of halogens is 2. The lowest BCUT2D eigenvalue weighted by molar-refractivity contribution is -0.126. The van der Waals surface area contributed by atoms with E-state index < -0.39 is 45.8 Å². The molecular weight excluding hydrogens is 384 g/mol. The monoisotopic (exact) mass is 399 g/mol. The standard InChI is InChI=1S/C20H15F2N3O4/c1-25(10-11-7-12(29-2)3-5-16(11)21)20(28)15(9-24)19(27)13-4-6-17(26)14(8-23)18(13)22/h3-7,26-27H,10H2,1-2H3/b19-15-. The van der Waals surface area contributed by atoms with Crippen LogP contribution in [0, 0.1) is 34.3 Å². The van der Waals surface area contributed by atoms with Crippen molar-refractivity contribution in [3.05, 3.63) is 64.2 Å². The van der Waals surface area contributed by atoms with Gasteiger partial charge in [0.2, 0.25) is 0 Å². The lowest BCUT2D eigenvalue weighted by Crippen LogP contribution is -2.28. The Balaban J connectivity index is 2.42. The molecule has 0 spiro atoms. The molecule has 0 atom stereocenters. The molecule has 0 radical (unpaired) electrons. The third-order valence-electron chi connectivity index (χ3n) is 4.06. The Labute approximate surface area is 164 Å². The Hall–Kier alpha value is -4.11. The first-order chi connectivity index (χ1) is 13.7. The highest BCUT2D eigenvalue weighted by Gasteiger charge is 2.24. The molecule has 148 valence electrons. The van der Waals surface area contributed by atoms with Crippen molar-refractivity contribution in [2.24, 2.45) is 0 Å². The van der Waals surface area contributed by atoms with E-state index in [0.717, 1.165) is 23.1 Å². The minimum atomic E-state index is -1.29. The molecule has 2 aromatic carbocycles. The van der Waals surface area contributed by atoms with E-state index in [1.54, 1.807) is 0 Å². The summed E-state index contributed by atoms with van der Waals surface area (Å²) < 4.78 is 33.3. The second-order valence-corrected chi connectivity index (χ2v) is 5.89. The summed E-state index contributed by atoms with van der Waals surface area (Å²) in [5.41, 5.74) is -2.07. The molecule has 0 unspecified atom stereocenters. The van der Waals surface area contributed by atoms with E-state index in [-0.39, 0.29) is 12.1 Å². The summed E-state index contributed by atoms with van der Waals surface area (Å²) in [4.78, 5) is 13.5. The number of aliphatic hydroxyl groups excluding tert-OH is 1. The molecule has 7 nitrogen and oxygen atoms in total. The van der Waals surface area contributed by atoms with Gasteiger partial charge in [0, 0.05) is 19.2 Å². The predicted octanol–water partition coefficient (Wildman–Crippen LogP) is 3.00. The number of hydrogen-bond acceptors (Lipinski definition) is 6. The maximum atomic E-state index is 14.4. The number of methoxy groups -OCH3 is 1. The molecule has 2 rings (SSSR count). The van der Waals surface area contributed by atoms with Crippen molar-refractivity contribution in [3.8, 4) is 23.6 Å². The molecule has 0 saturated heterocycles. The Bertz CT molecular complexity index is 1080. The number of likely N-dealkylation sites (N-methyl/N-ethyl adjacent to an activating group) is 1. The van der Waals surface area contributed by atoms with Crippen LogP contribution in [0.2, 0.25) is 0 Å². The second kappa shape index (κ2) is 8.72. The van der Waals surface area contributed by atoms with Crippen LogP contribution < -0.4 is 4.74 Å². The number of phenols is 1. The SMILES string of the molecule is COc1ccc(F)c(CN(C)C(=O)/C(C#N)=C(\O)c2ccc(O)c(C#N)c2F)c1. The number of nitriles is 2. The molecule has 0 aromatic heterocycles. The Morgan fingerprint density at radius 2 is 1.93 bits per heavy atom. The zero-order valence-corrected chi connectivity index (χ0v) is 15.4. The zero-order chi connectivity index (χ0) is 21.7. The van der Waals surface area contributed by atoms with Gasteiger partial charge in [0.15, 0.2) is 11.4 Å². The first-order valence-electron chi connectivity index (χ1n) is 8.08. The number of benzene rings is 2. The molecule has 9 heteroatoms. The average molecular weight is 399 g/mol. The van der Waals surface area contributed by atoms with Gasteiger partial charge < -0.3 is 19.8 Å². The number of aromatic hydroxyl groups is 1. The number of rotatable bonds is 5. The van der Waals surface area contributed by atoms with Crippen LogP contribution >= 0.6 is 0 Å². The number of hydrogen-bond donors (Lipinski definition) is 2. The van der Waals surface area contributed by atoms with E-state index in [0.29, 0.717) is 5.75 Å². The minimum absolute atomic E-state index is 0.0968. The van der Waals surface area contributed by atoms with Crippen LogP contribution in [0.4, 0.5) is 8.78 Å². The molecule has 2 N–H and O–H groups in total. The maximum Gasteiger partial charge on any atom is 0.268 e. The highest BCUT2D eigenvalue weighted by atomic mass is 19.1. The maximum absolute atomic E-state index is 14.4. The molecule has 0 saturated carbocycles. The van der Waals surface area contributed by atoms with E-state index in [1.165, 1.54) is 38.4 Å². The number of carbonyl (C=O) groups excluding carboxylic acids is 1. The van der Waals surface area contributed by atoms with Crippen molar-refractivity contribution in [2.75, 3.05) is 14.2 Å². The lowest BCUT2D eigenvalue weighted by atomic mass is 10.0. The smallest absolute Gasteiger partial charge is 0.268 e. The van der Waals surface area contributed by atoms with Crippen molar-refractivity contribution in [3.63, 3.8) is 0 Å². The predicted molar refractivity (Wildman–Crippen MR) is 97.4 cm³/mol. The van der Waals surface area contributed by atoms with Crippen LogP contribution in [0.15, 0.2) is 35.9 Å². The fourth-order valence-corrected chi connectivity index (χ4v) is 2.51. The first kappa shape index (κ1) is 21.2. The van der Waals surface area contributed by atoms with E-state index >= 15 is 0 Å². The minimum Gasteiger partial charge on any atom is -0.506 e. The lowest BCUT2D eigenvalue weighted by Gasteiger charge is -2.18. The van der Waals surface area contributed by atoms with Gasteiger partial charge in [-0.05, 0) is 30.3 Å². The van der Waals surface area contributed by atoms with Crippen LogP contribution in [0.3, 0.4) is 0 Å². The van der Waals surface area contributed by atoms with E-state index in [1.807, 2.05) is 0 Å². The van der Waals surface area contributed by atoms with Crippen molar-refractivity contribution >= 4 is 11.7 Å². The molecule has 0 bridgehead atoms. The number of ether oxygens (including phenoxy) is 1. The summed E-state index contributed by atoms with van der Waals surface area (Å²) in [7, 11) is 2.65. The zero-order valence-electron chi connectivity index (χ0n) is 15.4. The quantitative estimate of drug-likeness (QED) is 0.453. The number of carbonyl (C=O) groups is 1. The third kappa shape index (κ3) is 4.25. The molecule has 0 aliphatic rings. The van der Waals surface area contributed by atoms with Crippen molar-refractivity contribution in [1.82, 2.24) is 4.90 Å². The van der Waals surface area contributed by atoms with Gasteiger partial charge in [-0.25, -0.2) is 8.78 Å². The molecule has 0 aliphatic heterocycles. The van der Waals surface area contributed by atoms with Crippen LogP contribution in [0.5, 0.6) is 11.5 Å². The van der Waals surface area contributed by atoms with E-state index in [2.05, 4.69) is 0 Å². The van der Waals surface area contributed by atoms with Gasteiger partial charge in [0.1, 0.15) is 40.8 Å². The largest absolute Gasteiger partial charge is 0.506 e. The molecule has 0 heterocycles. The van der Waals surface area contributed by atoms with Crippen molar-refractivity contribution in [2.45, 2.75) is 6.54 Å². The normalized spacial score (nSPS) is 11.1. The fraction of sp³-hybridized carbons (Fsp3) is 0.150. The summed E-state index contributed by atoms with van der Waals surface area (Å²) in [6.07, 6.45) is 0. The summed E-state index contributed by atoms with van der Waals surface area (Å²) in [6, 6.07) is 8.71. The topological polar surface area (TPSA) is 118 Å². The molecule has 0 aliphatic carbocycles. The van der Waals surface area contributed by atoms with Gasteiger partial charge in [0.25, 0.3) is 5.91 Å². The summed E-state index contributed by atoms with van der Waals surface area (Å²) in [5.74, 6) is -4.21. The fourth-order valence-electron chi connectivity index (χ4n) is 2.51. The van der Waals surface area contributed by atoms with Crippen molar-refractivity contribution in [1.29, 1.82) is 10.5 Å². The first-order valence-corrected chi connectivity index (χ1v) is 8.08. The highest BCUT2D eigenvalue weighted by molar-refractivity contribution is 6.03. The van der Waals surface area contributed by atoms with Crippen LogP contribution in [0.25, 0.3) is 5.76 Å². The second-order valence-electron chi connectivity index (χ2n) is 5.89. The Kier molecular flexibility index (Phi) is 6.37. The average Bonchev–Trinajstić information content (AvgIpc) is 2.70. The third-order valence-corrected chi connectivity index (χ3v) is 4.06. The summed E-state index contributed by atoms with van der Waals surface area (Å²) in [5, 5.41) is 38.0. The van der Waals surface area contributed by atoms with Gasteiger partial charge in [-0.15, -0.1) is 0 Å². The molecule has 29 heavy (non-hydrogen) atoms. The van der Waals surface area contributed by atoms with Gasteiger partial charge >= 0.3 is 0 Å². The van der Waals surface area contributed by atoms with Gasteiger partial charge in [0.05, 0.1) is 12.7 Å². The molecular formula is C20H15F2N3O4. The number of amides is 1. The number of nitrogens with zero attached hydrogens (tertiary/aromatic N) is 3. The van der Waals surface area contributed by atoms with Gasteiger partial charge in [-0.3, -0.25) is 4.79 Å². The molecule has 2 aromatic rings. The summed E-state index contributed by atoms with van der Waals surface area (Å²) in [6.45, 7) is -0.262. The van der Waals surface area contributed by atoms with Crippen LogP contribution in [-0.2, 0) is 11.3 Å². The Morgan fingerprint density at radius 3 is 2.52 bits per heavy atom. The number of phenolic OH excluding ortho intramolecular Hbond substituents is 1. The van der Waals surface area contributed by atoms with Gasteiger partial charge in [-0.2, -0.15) is 10.5 Å². The Morgan fingerprint density at radius 1 is 1.24 bits per heavy atom. The highest BCUT2D eigenvalue weighted by Crippen LogP contribution is 2.28. The summed E-state index contributed by atoms with van der Waals surface area (Å²) >= 11 is 0. The van der Waals surface area contributed by atoms with Crippen molar-refractivity contribution < 1.29 is 28.5 Å². The van der Waals surface area contributed by atoms with Gasteiger partial charge in [-0.1, -0.05) is 0 Å². The number of aliphatic hydroxyl groups is 1.